The van der Waals surface area contributed by atoms with E-state index in [0.29, 0.717) is 18.5 Å². The van der Waals surface area contributed by atoms with E-state index < -0.39 is 23.0 Å². The summed E-state index contributed by atoms with van der Waals surface area (Å²) in [6, 6.07) is 3.02. The van der Waals surface area contributed by atoms with Gasteiger partial charge in [-0.15, -0.1) is 5.10 Å². The zero-order valence-corrected chi connectivity index (χ0v) is 19.5. The normalized spacial score (nSPS) is 24.6. The van der Waals surface area contributed by atoms with Crippen LogP contribution in [-0.2, 0) is 17.5 Å². The molecule has 6 nitrogen and oxygen atoms in total. The highest BCUT2D eigenvalue weighted by molar-refractivity contribution is 5.83. The number of nitrogens with zero attached hydrogens (tertiary/aromatic N) is 4. The van der Waals surface area contributed by atoms with Crippen LogP contribution in [-0.4, -0.2) is 44.9 Å². The Kier molecular flexibility index (Phi) is 6.98. The van der Waals surface area contributed by atoms with Gasteiger partial charge in [-0.1, -0.05) is 19.1 Å². The largest absolute Gasteiger partial charge is 0.416 e. The molecule has 1 saturated carbocycles. The molecule has 2 aromatic rings. The molecule has 0 spiro atoms. The second kappa shape index (κ2) is 9.64. The maximum atomic E-state index is 13.7. The molecule has 0 unspecified atom stereocenters. The summed E-state index contributed by atoms with van der Waals surface area (Å²) in [5, 5.41) is 10.8. The van der Waals surface area contributed by atoms with Crippen molar-refractivity contribution in [2.75, 3.05) is 13.1 Å². The van der Waals surface area contributed by atoms with Gasteiger partial charge in [-0.2, -0.15) is 13.2 Å². The second-order valence-corrected chi connectivity index (χ2v) is 9.89. The first kappa shape index (κ1) is 24.6. The molecule has 186 valence electrons. The Balaban J connectivity index is 1.38. The molecule has 1 N–H and O–H groups in total. The van der Waals surface area contributed by atoms with Crippen molar-refractivity contribution in [2.24, 2.45) is 11.3 Å². The van der Waals surface area contributed by atoms with Crippen molar-refractivity contribution >= 4 is 5.91 Å². The Hall–Kier alpha value is -2.49. The third-order valence-corrected chi connectivity index (χ3v) is 7.65. The van der Waals surface area contributed by atoms with Crippen LogP contribution < -0.4 is 5.32 Å². The molecule has 4 rings (SSSR count). The third-order valence-electron chi connectivity index (χ3n) is 7.65. The predicted octanol–water partition coefficient (Wildman–Crippen LogP) is 4.58. The lowest BCUT2D eigenvalue weighted by Crippen LogP contribution is -2.45. The lowest BCUT2D eigenvalue weighted by molar-refractivity contribution is -0.137. The van der Waals surface area contributed by atoms with Gasteiger partial charge in [0.05, 0.1) is 23.2 Å². The maximum Gasteiger partial charge on any atom is 0.416 e. The number of likely N-dealkylation sites (tertiary alicyclic amines) is 1. The number of hydrogen-bond acceptors (Lipinski definition) is 4. The standard InChI is InChI=1S/C24H31F4N5O/c1-16(2)23(22(34)29-15-17-11-18(24(26,27)28)13-19(25)12-17)6-3-21(14-23)32-8-4-20(5-9-32)33-10-7-30-31-33/h7,10-13,16,20-21H,3-6,8-9,14-15H2,1-2H3,(H,29,34)/t21-,23+/m1/s1. The number of aromatic nitrogens is 3. The van der Waals surface area contributed by atoms with Gasteiger partial charge in [0.15, 0.2) is 0 Å². The van der Waals surface area contributed by atoms with Crippen LogP contribution in [0.2, 0.25) is 0 Å². The van der Waals surface area contributed by atoms with Crippen molar-refractivity contribution in [3.63, 3.8) is 0 Å². The number of hydrogen-bond donors (Lipinski definition) is 1. The van der Waals surface area contributed by atoms with Crippen LogP contribution in [0, 0.1) is 17.2 Å². The van der Waals surface area contributed by atoms with E-state index >= 15 is 0 Å². The van der Waals surface area contributed by atoms with Gasteiger partial charge < -0.3 is 10.2 Å². The number of rotatable bonds is 6. The van der Waals surface area contributed by atoms with Crippen molar-refractivity contribution < 1.29 is 22.4 Å². The Morgan fingerprint density at radius 2 is 1.91 bits per heavy atom. The van der Waals surface area contributed by atoms with Gasteiger partial charge in [0.2, 0.25) is 5.91 Å². The third kappa shape index (κ3) is 5.11. The van der Waals surface area contributed by atoms with Gasteiger partial charge in [0.1, 0.15) is 5.82 Å². The molecule has 0 radical (unpaired) electrons. The topological polar surface area (TPSA) is 63.1 Å². The van der Waals surface area contributed by atoms with E-state index in [9.17, 15) is 22.4 Å². The minimum absolute atomic E-state index is 0.0726. The molecule has 2 atom stereocenters. The van der Waals surface area contributed by atoms with E-state index in [1.807, 2.05) is 24.7 Å². The van der Waals surface area contributed by atoms with Gasteiger partial charge in [0, 0.05) is 31.9 Å². The average molecular weight is 482 g/mol. The second-order valence-electron chi connectivity index (χ2n) is 9.89. The molecule has 1 aromatic carbocycles. The first-order valence-electron chi connectivity index (χ1n) is 11.8. The number of amides is 1. The molecule has 1 amide bonds. The summed E-state index contributed by atoms with van der Waals surface area (Å²) >= 11 is 0. The number of piperidine rings is 1. The van der Waals surface area contributed by atoms with Crippen molar-refractivity contribution in [3.05, 3.63) is 47.5 Å². The Bertz CT molecular complexity index is 986. The zero-order valence-electron chi connectivity index (χ0n) is 19.5. The smallest absolute Gasteiger partial charge is 0.352 e. The quantitative estimate of drug-likeness (QED) is 0.614. The van der Waals surface area contributed by atoms with Crippen LogP contribution in [0.1, 0.15) is 63.1 Å². The average Bonchev–Trinajstić information content (AvgIpc) is 3.48. The van der Waals surface area contributed by atoms with E-state index in [1.165, 1.54) is 0 Å². The monoisotopic (exact) mass is 481 g/mol. The van der Waals surface area contributed by atoms with Gasteiger partial charge >= 0.3 is 6.18 Å². The van der Waals surface area contributed by atoms with Crippen molar-refractivity contribution in [1.29, 1.82) is 0 Å². The highest BCUT2D eigenvalue weighted by atomic mass is 19.4. The Morgan fingerprint density at radius 1 is 1.18 bits per heavy atom. The number of halogens is 4. The van der Waals surface area contributed by atoms with Crippen molar-refractivity contribution in [1.82, 2.24) is 25.2 Å². The van der Waals surface area contributed by atoms with Gasteiger partial charge in [-0.3, -0.25) is 4.79 Å². The van der Waals surface area contributed by atoms with Crippen LogP contribution in [0.4, 0.5) is 17.6 Å². The number of carbonyl (C=O) groups excluding carboxylic acids is 1. The van der Waals surface area contributed by atoms with Crippen molar-refractivity contribution in [3.8, 4) is 0 Å². The summed E-state index contributed by atoms with van der Waals surface area (Å²) in [5.74, 6) is -1.06. The molecule has 1 aliphatic heterocycles. The summed E-state index contributed by atoms with van der Waals surface area (Å²) in [5.41, 5.74) is -1.54. The summed E-state index contributed by atoms with van der Waals surface area (Å²) in [6.07, 6.45) is 3.22. The van der Waals surface area contributed by atoms with Crippen LogP contribution in [0.15, 0.2) is 30.6 Å². The number of benzene rings is 1. The van der Waals surface area contributed by atoms with E-state index in [2.05, 4.69) is 20.5 Å². The summed E-state index contributed by atoms with van der Waals surface area (Å²) in [4.78, 5) is 15.8. The Labute approximate surface area is 196 Å². The lowest BCUT2D eigenvalue weighted by Gasteiger charge is -2.38. The minimum atomic E-state index is -4.64. The first-order chi connectivity index (χ1) is 16.1. The van der Waals surface area contributed by atoms with Crippen LogP contribution in [0.3, 0.4) is 0 Å². The van der Waals surface area contributed by atoms with Gasteiger partial charge in [-0.25, -0.2) is 9.07 Å². The maximum absolute atomic E-state index is 13.7. The number of nitrogens with one attached hydrogen (secondary N) is 1. The molecule has 0 bridgehead atoms. The molecule has 2 aliphatic rings. The molecule has 10 heteroatoms. The summed E-state index contributed by atoms with van der Waals surface area (Å²) in [6.45, 7) is 5.75. The number of carbonyl (C=O) groups is 1. The van der Waals surface area contributed by atoms with E-state index in [1.54, 1.807) is 6.20 Å². The predicted molar refractivity (Wildman–Crippen MR) is 118 cm³/mol. The van der Waals surface area contributed by atoms with Gasteiger partial charge in [-0.05, 0) is 61.8 Å². The Morgan fingerprint density at radius 3 is 2.53 bits per heavy atom. The highest BCUT2D eigenvalue weighted by Crippen LogP contribution is 2.47. The fourth-order valence-electron chi connectivity index (χ4n) is 5.56. The highest BCUT2D eigenvalue weighted by Gasteiger charge is 2.49. The minimum Gasteiger partial charge on any atom is -0.352 e. The first-order valence-corrected chi connectivity index (χ1v) is 11.8. The van der Waals surface area contributed by atoms with E-state index in [-0.39, 0.29) is 30.0 Å². The molecule has 1 aliphatic carbocycles. The fraction of sp³-hybridized carbons (Fsp3) is 0.625. The molecule has 2 fully saturated rings. The molecule has 2 heterocycles. The molecule has 1 saturated heterocycles. The molecule has 1 aromatic heterocycles. The van der Waals surface area contributed by atoms with E-state index in [0.717, 1.165) is 50.9 Å². The van der Waals surface area contributed by atoms with Gasteiger partial charge in [0.25, 0.3) is 0 Å². The lowest BCUT2D eigenvalue weighted by atomic mass is 9.74. The SMILES string of the molecule is CC(C)[C@]1(C(=O)NCc2cc(F)cc(C(F)(F)F)c2)CC[C@@H](N2CCC(n3ccnn3)CC2)C1. The number of alkyl halides is 3. The molecular weight excluding hydrogens is 450 g/mol. The van der Waals surface area contributed by atoms with Crippen LogP contribution in [0.5, 0.6) is 0 Å². The molecule has 34 heavy (non-hydrogen) atoms. The van der Waals surface area contributed by atoms with Crippen LogP contribution >= 0.6 is 0 Å². The zero-order chi connectivity index (χ0) is 24.5. The van der Waals surface area contributed by atoms with Crippen LogP contribution in [0.25, 0.3) is 0 Å². The molecular formula is C24H31F4N5O. The van der Waals surface area contributed by atoms with Crippen molar-refractivity contribution in [2.45, 2.75) is 70.8 Å². The summed E-state index contributed by atoms with van der Waals surface area (Å²) in [7, 11) is 0. The summed E-state index contributed by atoms with van der Waals surface area (Å²) < 4.78 is 54.7. The fourth-order valence-corrected chi connectivity index (χ4v) is 5.56. The van der Waals surface area contributed by atoms with E-state index in [4.69, 9.17) is 0 Å².